The third-order valence-electron chi connectivity index (χ3n) is 3.58. The van der Waals surface area contributed by atoms with Crippen LogP contribution in [0.4, 0.5) is 0 Å². The molecule has 2 fully saturated rings. The Morgan fingerprint density at radius 1 is 1.29 bits per heavy atom. The number of rotatable bonds is 3. The molecule has 0 aromatic rings. The van der Waals surface area contributed by atoms with Gasteiger partial charge in [0.15, 0.2) is 0 Å². The molecule has 3 heteroatoms. The minimum atomic E-state index is 0.320. The van der Waals surface area contributed by atoms with Crippen molar-refractivity contribution in [1.29, 1.82) is 5.26 Å². The van der Waals surface area contributed by atoms with Crippen LogP contribution in [0.1, 0.15) is 32.1 Å². The Morgan fingerprint density at radius 3 is 2.64 bits per heavy atom. The number of nitriles is 1. The number of nitrogens with one attached hydrogen (secondary N) is 1. The van der Waals surface area contributed by atoms with Crippen LogP contribution in [0.5, 0.6) is 0 Å². The summed E-state index contributed by atoms with van der Waals surface area (Å²) in [4.78, 5) is 0. The van der Waals surface area contributed by atoms with E-state index in [9.17, 15) is 0 Å². The maximum Gasteiger partial charge on any atom is 0.0656 e. The molecule has 0 aliphatic heterocycles. The Kier molecular flexibility index (Phi) is 3.35. The lowest BCUT2D eigenvalue weighted by Crippen LogP contribution is -2.49. The van der Waals surface area contributed by atoms with Crippen molar-refractivity contribution in [2.45, 2.75) is 49.4 Å². The summed E-state index contributed by atoms with van der Waals surface area (Å²) in [6.07, 6.45) is 8.28. The molecule has 0 aromatic carbocycles. The number of hydrogen-bond donors (Lipinski definition) is 1. The monoisotopic (exact) mass is 210 g/mol. The Hall–Kier alpha value is -0.200. The van der Waals surface area contributed by atoms with Crippen LogP contribution in [0.25, 0.3) is 0 Å². The molecule has 1 N–H and O–H groups in total. The van der Waals surface area contributed by atoms with Gasteiger partial charge < -0.3 is 5.32 Å². The van der Waals surface area contributed by atoms with Crippen molar-refractivity contribution in [1.82, 2.24) is 5.32 Å². The second-order valence-corrected chi connectivity index (χ2v) is 5.54. The Morgan fingerprint density at radius 2 is 2.14 bits per heavy atom. The number of hydrogen-bond acceptors (Lipinski definition) is 3. The van der Waals surface area contributed by atoms with Gasteiger partial charge in [0.25, 0.3) is 0 Å². The van der Waals surface area contributed by atoms with E-state index >= 15 is 0 Å². The quantitative estimate of drug-likeness (QED) is 0.775. The van der Waals surface area contributed by atoms with Crippen molar-refractivity contribution in [3.63, 3.8) is 0 Å². The van der Waals surface area contributed by atoms with E-state index in [1.54, 1.807) is 0 Å². The maximum atomic E-state index is 8.81. The van der Waals surface area contributed by atoms with Gasteiger partial charge in [0, 0.05) is 23.3 Å². The molecular weight excluding hydrogens is 192 g/mol. The van der Waals surface area contributed by atoms with Crippen LogP contribution in [0.2, 0.25) is 0 Å². The van der Waals surface area contributed by atoms with E-state index in [1.807, 2.05) is 11.8 Å². The second kappa shape index (κ2) is 4.55. The van der Waals surface area contributed by atoms with E-state index in [2.05, 4.69) is 17.6 Å². The SMILES string of the molecule is CSC1CCC1NC1CCC(C#N)C1. The predicted octanol–water partition coefficient (Wildman–Crippen LogP) is 2.16. The molecule has 0 bridgehead atoms. The van der Waals surface area contributed by atoms with Gasteiger partial charge in [-0.1, -0.05) is 0 Å². The van der Waals surface area contributed by atoms with Gasteiger partial charge in [0.1, 0.15) is 0 Å². The first-order valence-electron chi connectivity index (χ1n) is 5.52. The predicted molar refractivity (Wildman–Crippen MR) is 60.2 cm³/mol. The first kappa shape index (κ1) is 10.3. The van der Waals surface area contributed by atoms with Crippen LogP contribution in [0.15, 0.2) is 0 Å². The van der Waals surface area contributed by atoms with E-state index in [1.165, 1.54) is 19.3 Å². The smallest absolute Gasteiger partial charge is 0.0656 e. The highest BCUT2D eigenvalue weighted by Crippen LogP contribution is 2.33. The largest absolute Gasteiger partial charge is 0.310 e. The van der Waals surface area contributed by atoms with Gasteiger partial charge in [-0.25, -0.2) is 0 Å². The highest BCUT2D eigenvalue weighted by atomic mass is 32.2. The van der Waals surface area contributed by atoms with Gasteiger partial charge >= 0.3 is 0 Å². The molecule has 2 rings (SSSR count). The standard InChI is InChI=1S/C11H18N2S/c1-14-11-5-4-10(11)13-9-3-2-8(6-9)7-12/h8-11,13H,2-6H2,1H3. The van der Waals surface area contributed by atoms with E-state index in [0.717, 1.165) is 24.1 Å². The van der Waals surface area contributed by atoms with Gasteiger partial charge in [0.2, 0.25) is 0 Å². The Balaban J connectivity index is 1.74. The van der Waals surface area contributed by atoms with Crippen molar-refractivity contribution >= 4 is 11.8 Å². The van der Waals surface area contributed by atoms with Crippen LogP contribution in [-0.4, -0.2) is 23.6 Å². The summed E-state index contributed by atoms with van der Waals surface area (Å²) in [7, 11) is 0. The van der Waals surface area contributed by atoms with Gasteiger partial charge in [-0.2, -0.15) is 17.0 Å². The highest BCUT2D eigenvalue weighted by molar-refractivity contribution is 7.99. The van der Waals surface area contributed by atoms with Crippen LogP contribution in [0.3, 0.4) is 0 Å². The van der Waals surface area contributed by atoms with Crippen LogP contribution in [0, 0.1) is 17.2 Å². The highest BCUT2D eigenvalue weighted by Gasteiger charge is 2.33. The van der Waals surface area contributed by atoms with Crippen molar-refractivity contribution in [3.05, 3.63) is 0 Å². The summed E-state index contributed by atoms with van der Waals surface area (Å²) in [6.45, 7) is 0. The minimum absolute atomic E-state index is 0.320. The van der Waals surface area contributed by atoms with Gasteiger partial charge in [-0.3, -0.25) is 0 Å². The topological polar surface area (TPSA) is 35.8 Å². The zero-order valence-corrected chi connectivity index (χ0v) is 9.52. The molecule has 4 unspecified atom stereocenters. The van der Waals surface area contributed by atoms with Gasteiger partial charge in [-0.15, -0.1) is 0 Å². The first-order valence-corrected chi connectivity index (χ1v) is 6.80. The first-order chi connectivity index (χ1) is 6.83. The second-order valence-electron chi connectivity index (χ2n) is 4.46. The molecule has 0 aromatic heterocycles. The normalized spacial score (nSPS) is 41.7. The van der Waals surface area contributed by atoms with Crippen molar-refractivity contribution in [2.24, 2.45) is 5.92 Å². The summed E-state index contributed by atoms with van der Waals surface area (Å²) in [5.74, 6) is 0.320. The van der Waals surface area contributed by atoms with Gasteiger partial charge in [-0.05, 0) is 38.4 Å². The van der Waals surface area contributed by atoms with Crippen molar-refractivity contribution in [3.8, 4) is 6.07 Å². The van der Waals surface area contributed by atoms with Crippen LogP contribution >= 0.6 is 11.8 Å². The molecule has 0 saturated heterocycles. The third kappa shape index (κ3) is 2.07. The van der Waals surface area contributed by atoms with E-state index < -0.39 is 0 Å². The number of nitrogens with zero attached hydrogens (tertiary/aromatic N) is 1. The number of thioether (sulfide) groups is 1. The average molecular weight is 210 g/mol. The lowest BCUT2D eigenvalue weighted by Gasteiger charge is -2.38. The van der Waals surface area contributed by atoms with Crippen LogP contribution < -0.4 is 5.32 Å². The average Bonchev–Trinajstić information content (AvgIpc) is 2.61. The molecule has 14 heavy (non-hydrogen) atoms. The molecular formula is C11H18N2S. The molecule has 2 nitrogen and oxygen atoms in total. The van der Waals surface area contributed by atoms with Gasteiger partial charge in [0.05, 0.1) is 6.07 Å². The zero-order chi connectivity index (χ0) is 9.97. The van der Waals surface area contributed by atoms with Crippen molar-refractivity contribution in [2.75, 3.05) is 6.26 Å². The fourth-order valence-electron chi connectivity index (χ4n) is 2.50. The van der Waals surface area contributed by atoms with Crippen LogP contribution in [-0.2, 0) is 0 Å². The minimum Gasteiger partial charge on any atom is -0.310 e. The maximum absolute atomic E-state index is 8.81. The molecule has 2 saturated carbocycles. The zero-order valence-electron chi connectivity index (χ0n) is 8.70. The third-order valence-corrected chi connectivity index (χ3v) is 4.75. The fourth-order valence-corrected chi connectivity index (χ4v) is 3.41. The Labute approximate surface area is 90.4 Å². The molecule has 2 aliphatic rings. The molecule has 4 atom stereocenters. The summed E-state index contributed by atoms with van der Waals surface area (Å²) >= 11 is 1.98. The molecule has 2 aliphatic carbocycles. The lowest BCUT2D eigenvalue weighted by molar-refractivity contribution is 0.314. The fraction of sp³-hybridized carbons (Fsp3) is 0.909. The van der Waals surface area contributed by atoms with E-state index in [0.29, 0.717) is 12.0 Å². The summed E-state index contributed by atoms with van der Waals surface area (Å²) in [5, 5.41) is 13.3. The summed E-state index contributed by atoms with van der Waals surface area (Å²) < 4.78 is 0. The molecule has 0 amide bonds. The molecule has 0 radical (unpaired) electrons. The summed E-state index contributed by atoms with van der Waals surface area (Å²) in [5.41, 5.74) is 0. The molecule has 78 valence electrons. The van der Waals surface area contributed by atoms with E-state index in [-0.39, 0.29) is 0 Å². The summed E-state index contributed by atoms with van der Waals surface area (Å²) in [6, 6.07) is 3.74. The molecule has 0 heterocycles. The lowest BCUT2D eigenvalue weighted by atomic mass is 9.91. The van der Waals surface area contributed by atoms with Crippen molar-refractivity contribution < 1.29 is 0 Å². The molecule has 0 spiro atoms. The van der Waals surface area contributed by atoms with E-state index in [4.69, 9.17) is 5.26 Å². The Bertz CT molecular complexity index is 234.